The van der Waals surface area contributed by atoms with Crippen LogP contribution in [0.2, 0.25) is 0 Å². The molecular weight excluding hydrogens is 396 g/mol. The molecule has 0 spiro atoms. The summed E-state index contributed by atoms with van der Waals surface area (Å²) in [5.41, 5.74) is 6.37. The fourth-order valence-corrected chi connectivity index (χ4v) is 4.99. The summed E-state index contributed by atoms with van der Waals surface area (Å²) in [4.78, 5) is 19.7. The number of anilines is 2. The molecular formula is C20H19F2N5O3. The van der Waals surface area contributed by atoms with Crippen molar-refractivity contribution in [2.75, 3.05) is 11.1 Å². The van der Waals surface area contributed by atoms with Crippen LogP contribution in [0.4, 0.5) is 20.3 Å². The summed E-state index contributed by atoms with van der Waals surface area (Å²) in [5.74, 6) is -2.56. The third kappa shape index (κ3) is 2.86. The minimum atomic E-state index is -0.885. The van der Waals surface area contributed by atoms with Gasteiger partial charge in [0, 0.05) is 6.04 Å². The molecule has 30 heavy (non-hydrogen) atoms. The Morgan fingerprint density at radius 3 is 2.63 bits per heavy atom. The maximum absolute atomic E-state index is 14.7. The molecule has 0 radical (unpaired) electrons. The summed E-state index contributed by atoms with van der Waals surface area (Å²) in [6, 6.07) is 0.725. The Balaban J connectivity index is 1.59. The first-order valence-electron chi connectivity index (χ1n) is 9.78. The molecule has 156 valence electrons. The van der Waals surface area contributed by atoms with Crippen molar-refractivity contribution >= 4 is 28.6 Å². The molecule has 3 aliphatic rings. The third-order valence-electron chi connectivity index (χ3n) is 6.40. The highest BCUT2D eigenvalue weighted by Crippen LogP contribution is 2.47. The van der Waals surface area contributed by atoms with Gasteiger partial charge >= 0.3 is 5.97 Å². The van der Waals surface area contributed by atoms with Gasteiger partial charge in [0.25, 0.3) is 0 Å². The molecule has 10 heteroatoms. The van der Waals surface area contributed by atoms with E-state index in [0.717, 1.165) is 44.1 Å². The van der Waals surface area contributed by atoms with Crippen LogP contribution < -0.4 is 11.1 Å². The fraction of sp³-hybridized carbons (Fsp3) is 0.400. The highest BCUT2D eigenvalue weighted by Gasteiger charge is 2.47. The molecule has 2 bridgehead atoms. The van der Waals surface area contributed by atoms with Gasteiger partial charge in [-0.3, -0.25) is 4.79 Å². The van der Waals surface area contributed by atoms with Gasteiger partial charge in [0.15, 0.2) is 5.82 Å². The number of nitrogens with two attached hydrogens (primary N) is 1. The predicted molar refractivity (Wildman–Crippen MR) is 103 cm³/mol. The summed E-state index contributed by atoms with van der Waals surface area (Å²) in [6.07, 6.45) is 5.51. The molecule has 0 unspecified atom stereocenters. The number of nitrogens with one attached hydrogen (secondary N) is 1. The van der Waals surface area contributed by atoms with Crippen molar-refractivity contribution in [1.82, 2.24) is 15.1 Å². The van der Waals surface area contributed by atoms with Crippen LogP contribution in [-0.2, 0) is 4.79 Å². The lowest BCUT2D eigenvalue weighted by Crippen LogP contribution is -2.51. The Kier molecular flexibility index (Phi) is 4.30. The molecule has 0 aromatic carbocycles. The van der Waals surface area contributed by atoms with Gasteiger partial charge in [-0.1, -0.05) is 5.16 Å². The van der Waals surface area contributed by atoms with E-state index in [9.17, 15) is 18.7 Å². The molecule has 6 rings (SSSR count). The van der Waals surface area contributed by atoms with Crippen LogP contribution in [0.15, 0.2) is 23.0 Å². The third-order valence-corrected chi connectivity index (χ3v) is 6.40. The molecule has 3 fully saturated rings. The van der Waals surface area contributed by atoms with E-state index in [1.807, 2.05) is 0 Å². The largest absolute Gasteiger partial charge is 0.481 e. The summed E-state index contributed by atoms with van der Waals surface area (Å²) in [7, 11) is 0. The topological polar surface area (TPSA) is 127 Å². The molecule has 3 aromatic rings. The fourth-order valence-electron chi connectivity index (χ4n) is 4.99. The SMILES string of the molecule is Nc1ncc(F)cc1-c1noc2c(N[C@H]3C4CCC(CC4)[C@@H]3C(=O)O)c(F)cnc12. The molecule has 3 heterocycles. The van der Waals surface area contributed by atoms with Crippen LogP contribution in [0, 0.1) is 29.4 Å². The highest BCUT2D eigenvalue weighted by molar-refractivity contribution is 5.97. The Morgan fingerprint density at radius 1 is 1.17 bits per heavy atom. The molecule has 0 amide bonds. The summed E-state index contributed by atoms with van der Waals surface area (Å²) in [5, 5.41) is 16.8. The number of rotatable bonds is 4. The van der Waals surface area contributed by atoms with Crippen molar-refractivity contribution in [2.45, 2.75) is 31.7 Å². The zero-order valence-electron chi connectivity index (χ0n) is 15.8. The first-order valence-corrected chi connectivity index (χ1v) is 9.78. The van der Waals surface area contributed by atoms with Gasteiger partial charge in [-0.2, -0.15) is 0 Å². The zero-order chi connectivity index (χ0) is 21.0. The second kappa shape index (κ2) is 6.89. The van der Waals surface area contributed by atoms with E-state index in [1.165, 1.54) is 0 Å². The Bertz CT molecular complexity index is 1140. The van der Waals surface area contributed by atoms with Crippen LogP contribution in [0.3, 0.4) is 0 Å². The van der Waals surface area contributed by atoms with Crippen LogP contribution in [-0.4, -0.2) is 32.2 Å². The van der Waals surface area contributed by atoms with E-state index in [2.05, 4.69) is 20.4 Å². The maximum atomic E-state index is 14.7. The van der Waals surface area contributed by atoms with Gasteiger partial charge in [-0.05, 0) is 43.6 Å². The van der Waals surface area contributed by atoms with Gasteiger partial charge in [0.1, 0.15) is 28.5 Å². The van der Waals surface area contributed by atoms with Crippen molar-refractivity contribution < 1.29 is 23.2 Å². The number of nitrogens with zero attached hydrogens (tertiary/aromatic N) is 3. The molecule has 0 saturated heterocycles. The molecule has 2 atom stereocenters. The maximum Gasteiger partial charge on any atom is 0.308 e. The number of aromatic nitrogens is 3. The Labute approximate surface area is 169 Å². The average Bonchev–Trinajstić information content (AvgIpc) is 3.16. The number of carbonyl (C=O) groups is 1. The van der Waals surface area contributed by atoms with Crippen molar-refractivity contribution in [3.8, 4) is 11.3 Å². The molecule has 0 aliphatic heterocycles. The van der Waals surface area contributed by atoms with E-state index >= 15 is 0 Å². The predicted octanol–water partition coefficient (Wildman–Crippen LogP) is 3.45. The first kappa shape index (κ1) is 18.7. The summed E-state index contributed by atoms with van der Waals surface area (Å²) >= 11 is 0. The van der Waals surface area contributed by atoms with Gasteiger partial charge in [0.05, 0.1) is 23.9 Å². The van der Waals surface area contributed by atoms with Gasteiger partial charge < -0.3 is 20.7 Å². The molecule has 8 nitrogen and oxygen atoms in total. The van der Waals surface area contributed by atoms with E-state index in [4.69, 9.17) is 10.3 Å². The number of fused-ring (bicyclic) bond motifs is 4. The highest BCUT2D eigenvalue weighted by atomic mass is 19.1. The number of aliphatic carboxylic acids is 1. The molecule has 3 saturated carbocycles. The van der Waals surface area contributed by atoms with Gasteiger partial charge in [-0.15, -0.1) is 0 Å². The lowest BCUT2D eigenvalue weighted by atomic mass is 9.61. The Morgan fingerprint density at radius 2 is 1.90 bits per heavy atom. The van der Waals surface area contributed by atoms with Crippen LogP contribution in [0.25, 0.3) is 22.4 Å². The van der Waals surface area contributed by atoms with Crippen LogP contribution in [0.1, 0.15) is 25.7 Å². The number of pyridine rings is 2. The number of carboxylic acids is 1. The summed E-state index contributed by atoms with van der Waals surface area (Å²) < 4.78 is 33.8. The summed E-state index contributed by atoms with van der Waals surface area (Å²) in [6.45, 7) is 0. The van der Waals surface area contributed by atoms with Crippen molar-refractivity contribution in [3.05, 3.63) is 30.1 Å². The lowest BCUT2D eigenvalue weighted by molar-refractivity contribution is -0.148. The van der Waals surface area contributed by atoms with E-state index < -0.39 is 29.6 Å². The number of nitrogen functional groups attached to an aromatic ring is 1. The first-order chi connectivity index (χ1) is 14.4. The minimum Gasteiger partial charge on any atom is -0.481 e. The Hall–Kier alpha value is -3.30. The molecule has 4 N–H and O–H groups in total. The van der Waals surface area contributed by atoms with Gasteiger partial charge in [0.2, 0.25) is 5.58 Å². The van der Waals surface area contributed by atoms with Crippen molar-refractivity contribution in [1.29, 1.82) is 0 Å². The quantitative estimate of drug-likeness (QED) is 0.591. The number of carboxylic acid groups (broad SMARTS) is 1. The van der Waals surface area contributed by atoms with Gasteiger partial charge in [-0.25, -0.2) is 18.7 Å². The molecule has 3 aliphatic carbocycles. The minimum absolute atomic E-state index is 0.00508. The number of halogens is 2. The lowest BCUT2D eigenvalue weighted by Gasteiger charge is -2.47. The van der Waals surface area contributed by atoms with Crippen LogP contribution in [0.5, 0.6) is 0 Å². The second-order valence-electron chi connectivity index (χ2n) is 7.99. The van der Waals surface area contributed by atoms with Crippen molar-refractivity contribution in [3.63, 3.8) is 0 Å². The standard InChI is InChI=1S/C20H19F2N5O3/c21-10-5-11(19(23)25-6-10)15-17-18(30-27-15)16(12(22)7-24-17)26-14-9-3-1-8(2-4-9)13(14)20(28)29/h5-9,13-14H,1-4H2,(H2,23,25)(H,24,26)(H,28,29)/t8?,9?,13-,14-/m0/s1. The smallest absolute Gasteiger partial charge is 0.308 e. The second-order valence-corrected chi connectivity index (χ2v) is 7.99. The average molecular weight is 415 g/mol. The van der Waals surface area contributed by atoms with E-state index in [1.54, 1.807) is 0 Å². The number of hydrogen-bond donors (Lipinski definition) is 3. The van der Waals surface area contributed by atoms with E-state index in [0.29, 0.717) is 0 Å². The normalized spacial score (nSPS) is 25.5. The zero-order valence-corrected chi connectivity index (χ0v) is 15.8. The monoisotopic (exact) mass is 415 g/mol. The number of hydrogen-bond acceptors (Lipinski definition) is 7. The van der Waals surface area contributed by atoms with Crippen LogP contribution >= 0.6 is 0 Å². The van der Waals surface area contributed by atoms with Crippen molar-refractivity contribution in [2.24, 2.45) is 17.8 Å². The molecule has 3 aromatic heterocycles. The van der Waals surface area contributed by atoms with E-state index in [-0.39, 0.29) is 45.7 Å².